The minimum Gasteiger partial charge on any atom is -0.481 e. The van der Waals surface area contributed by atoms with Crippen LogP contribution in [0.15, 0.2) is 46.7 Å². The number of thiazole rings is 1. The molecule has 1 aliphatic heterocycles. The molecule has 7 nitrogen and oxygen atoms in total. The maximum Gasteiger partial charge on any atom is 0.260 e. The first-order valence-electron chi connectivity index (χ1n) is 8.93. The molecule has 2 aromatic heterocycles. The Labute approximate surface area is 164 Å². The van der Waals surface area contributed by atoms with Crippen molar-refractivity contribution >= 4 is 22.2 Å². The molecule has 1 amide bonds. The van der Waals surface area contributed by atoms with Crippen molar-refractivity contribution in [2.24, 2.45) is 0 Å². The van der Waals surface area contributed by atoms with Gasteiger partial charge in [0.2, 0.25) is 0 Å². The van der Waals surface area contributed by atoms with Crippen LogP contribution in [0.25, 0.3) is 4.96 Å². The summed E-state index contributed by atoms with van der Waals surface area (Å²) in [5.41, 5.74) is 0.649. The van der Waals surface area contributed by atoms with Crippen LogP contribution in [-0.4, -0.2) is 57.9 Å². The Morgan fingerprint density at radius 3 is 2.79 bits per heavy atom. The molecule has 0 spiro atoms. The van der Waals surface area contributed by atoms with Gasteiger partial charge >= 0.3 is 0 Å². The molecule has 3 aromatic rings. The summed E-state index contributed by atoms with van der Waals surface area (Å²) in [5, 5.41) is 1.83. The summed E-state index contributed by atoms with van der Waals surface area (Å²) in [6.45, 7) is 2.85. The van der Waals surface area contributed by atoms with Crippen LogP contribution in [0.2, 0.25) is 0 Å². The second-order valence-corrected chi connectivity index (χ2v) is 7.39. The average molecular weight is 402 g/mol. The van der Waals surface area contributed by atoms with Gasteiger partial charge in [-0.25, -0.2) is 9.37 Å². The summed E-state index contributed by atoms with van der Waals surface area (Å²) in [6.07, 6.45) is 1.72. The Kier molecular flexibility index (Phi) is 5.36. The van der Waals surface area contributed by atoms with Crippen molar-refractivity contribution in [2.45, 2.75) is 6.54 Å². The third kappa shape index (κ3) is 4.05. The zero-order valence-electron chi connectivity index (χ0n) is 15.1. The van der Waals surface area contributed by atoms with E-state index in [2.05, 4.69) is 9.88 Å². The second kappa shape index (κ2) is 8.07. The molecule has 146 valence electrons. The highest BCUT2D eigenvalue weighted by Crippen LogP contribution is 2.16. The Balaban J connectivity index is 1.29. The van der Waals surface area contributed by atoms with Crippen molar-refractivity contribution in [1.82, 2.24) is 19.2 Å². The van der Waals surface area contributed by atoms with Gasteiger partial charge in [0.05, 0.1) is 5.69 Å². The van der Waals surface area contributed by atoms with Crippen molar-refractivity contribution in [1.29, 1.82) is 0 Å². The molecule has 1 fully saturated rings. The lowest BCUT2D eigenvalue weighted by Gasteiger charge is -2.34. The number of para-hydroxylation sites is 1. The van der Waals surface area contributed by atoms with E-state index in [1.54, 1.807) is 29.3 Å². The molecule has 28 heavy (non-hydrogen) atoms. The number of ether oxygens (including phenoxy) is 1. The fraction of sp³-hybridized carbons (Fsp3) is 0.316. The normalized spacial score (nSPS) is 15.1. The first kappa shape index (κ1) is 18.6. The van der Waals surface area contributed by atoms with Gasteiger partial charge in [-0.1, -0.05) is 12.1 Å². The molecule has 3 heterocycles. The lowest BCUT2D eigenvalue weighted by Crippen LogP contribution is -2.49. The number of piperazine rings is 1. The second-order valence-electron chi connectivity index (χ2n) is 6.52. The summed E-state index contributed by atoms with van der Waals surface area (Å²) in [6, 6.07) is 7.59. The van der Waals surface area contributed by atoms with E-state index in [4.69, 9.17) is 4.74 Å². The number of carbonyl (C=O) groups is 1. The zero-order chi connectivity index (χ0) is 19.5. The minimum atomic E-state index is -0.480. The molecule has 0 atom stereocenters. The van der Waals surface area contributed by atoms with Crippen molar-refractivity contribution in [2.75, 3.05) is 32.8 Å². The summed E-state index contributed by atoms with van der Waals surface area (Å²) >= 11 is 1.43. The summed E-state index contributed by atoms with van der Waals surface area (Å²) in [4.78, 5) is 33.5. The maximum atomic E-state index is 13.6. The Bertz CT molecular complexity index is 1040. The van der Waals surface area contributed by atoms with Crippen LogP contribution in [0.1, 0.15) is 5.69 Å². The Hall–Kier alpha value is -2.78. The monoisotopic (exact) mass is 402 g/mol. The number of hydrogen-bond donors (Lipinski definition) is 0. The van der Waals surface area contributed by atoms with Gasteiger partial charge < -0.3 is 9.64 Å². The lowest BCUT2D eigenvalue weighted by atomic mass is 10.2. The van der Waals surface area contributed by atoms with Crippen LogP contribution in [0, 0.1) is 5.82 Å². The molecule has 0 N–H and O–H groups in total. The van der Waals surface area contributed by atoms with Crippen LogP contribution >= 0.6 is 11.3 Å². The fourth-order valence-electron chi connectivity index (χ4n) is 3.15. The van der Waals surface area contributed by atoms with Crippen LogP contribution in [-0.2, 0) is 11.3 Å². The van der Waals surface area contributed by atoms with E-state index in [9.17, 15) is 14.0 Å². The number of nitrogens with zero attached hydrogens (tertiary/aromatic N) is 4. The third-order valence-electron chi connectivity index (χ3n) is 4.65. The Morgan fingerprint density at radius 2 is 2.00 bits per heavy atom. The smallest absolute Gasteiger partial charge is 0.260 e. The van der Waals surface area contributed by atoms with E-state index in [0.29, 0.717) is 37.7 Å². The van der Waals surface area contributed by atoms with E-state index in [1.807, 2.05) is 5.38 Å². The molecular formula is C19H19FN4O3S. The number of fused-ring (bicyclic) bond motifs is 1. The van der Waals surface area contributed by atoms with Crippen molar-refractivity contribution in [3.63, 3.8) is 0 Å². The van der Waals surface area contributed by atoms with E-state index in [1.165, 1.54) is 27.9 Å². The molecule has 0 radical (unpaired) electrons. The molecular weight excluding hydrogens is 383 g/mol. The van der Waals surface area contributed by atoms with Crippen molar-refractivity contribution in [3.05, 3.63) is 63.8 Å². The number of rotatable bonds is 5. The molecule has 0 aliphatic carbocycles. The number of hydrogen-bond acceptors (Lipinski definition) is 6. The first-order valence-corrected chi connectivity index (χ1v) is 9.81. The number of halogens is 1. The summed E-state index contributed by atoms with van der Waals surface area (Å²) in [7, 11) is 0. The average Bonchev–Trinajstić information content (AvgIpc) is 3.17. The molecule has 1 saturated heterocycles. The van der Waals surface area contributed by atoms with E-state index in [0.717, 1.165) is 5.69 Å². The topological polar surface area (TPSA) is 67.2 Å². The van der Waals surface area contributed by atoms with Gasteiger partial charge in [-0.2, -0.15) is 0 Å². The van der Waals surface area contributed by atoms with Crippen LogP contribution in [0.3, 0.4) is 0 Å². The predicted octanol–water partition coefficient (Wildman–Crippen LogP) is 1.62. The van der Waals surface area contributed by atoms with Gasteiger partial charge in [-0.05, 0) is 12.1 Å². The lowest BCUT2D eigenvalue weighted by molar-refractivity contribution is -0.135. The number of aromatic nitrogens is 2. The van der Waals surface area contributed by atoms with Crippen LogP contribution in [0.4, 0.5) is 4.39 Å². The van der Waals surface area contributed by atoms with E-state index >= 15 is 0 Å². The predicted molar refractivity (Wildman–Crippen MR) is 103 cm³/mol. The standard InChI is InChI=1S/C19H19FN4O3S/c20-15-3-1-2-4-16(15)27-13-18(26)23-7-5-22(6-8-23)12-14-11-17(25)24-9-10-28-19(24)21-14/h1-4,9-11H,5-8,12-13H2. The third-order valence-corrected chi connectivity index (χ3v) is 5.41. The summed E-state index contributed by atoms with van der Waals surface area (Å²) < 4.78 is 20.4. The van der Waals surface area contributed by atoms with Crippen LogP contribution in [0.5, 0.6) is 5.75 Å². The molecule has 9 heteroatoms. The molecule has 1 aliphatic rings. The first-order chi connectivity index (χ1) is 13.6. The van der Waals surface area contributed by atoms with E-state index < -0.39 is 5.82 Å². The van der Waals surface area contributed by atoms with E-state index in [-0.39, 0.29) is 23.8 Å². The van der Waals surface area contributed by atoms with Gasteiger partial charge in [0, 0.05) is 50.4 Å². The quantitative estimate of drug-likeness (QED) is 0.649. The summed E-state index contributed by atoms with van der Waals surface area (Å²) in [5.74, 6) is -0.568. The SMILES string of the molecule is O=C(COc1ccccc1F)N1CCN(Cc2cc(=O)n3ccsc3n2)CC1. The van der Waals surface area contributed by atoms with Crippen molar-refractivity contribution in [3.8, 4) is 5.75 Å². The van der Waals surface area contributed by atoms with Gasteiger partial charge in [0.15, 0.2) is 23.1 Å². The number of amides is 1. The van der Waals surface area contributed by atoms with Crippen LogP contribution < -0.4 is 10.3 Å². The zero-order valence-corrected chi connectivity index (χ0v) is 15.9. The molecule has 0 saturated carbocycles. The van der Waals surface area contributed by atoms with Crippen molar-refractivity contribution < 1.29 is 13.9 Å². The Morgan fingerprint density at radius 1 is 1.21 bits per heavy atom. The molecule has 0 unspecified atom stereocenters. The fourth-order valence-corrected chi connectivity index (χ4v) is 3.88. The van der Waals surface area contributed by atoms with Gasteiger partial charge in [-0.3, -0.25) is 18.9 Å². The van der Waals surface area contributed by atoms with Gasteiger partial charge in [-0.15, -0.1) is 11.3 Å². The molecule has 1 aromatic carbocycles. The highest BCUT2D eigenvalue weighted by atomic mass is 32.1. The van der Waals surface area contributed by atoms with Gasteiger partial charge in [0.25, 0.3) is 11.5 Å². The largest absolute Gasteiger partial charge is 0.481 e. The minimum absolute atomic E-state index is 0.0795. The van der Waals surface area contributed by atoms with Gasteiger partial charge in [0.1, 0.15) is 0 Å². The maximum absolute atomic E-state index is 13.6. The molecule has 4 rings (SSSR count). The number of benzene rings is 1. The molecule has 0 bridgehead atoms. The highest BCUT2D eigenvalue weighted by molar-refractivity contribution is 7.15. The highest BCUT2D eigenvalue weighted by Gasteiger charge is 2.22. The number of carbonyl (C=O) groups excluding carboxylic acids is 1.